The van der Waals surface area contributed by atoms with Crippen molar-refractivity contribution in [3.63, 3.8) is 0 Å². The molecule has 0 unspecified atom stereocenters. The van der Waals surface area contributed by atoms with Crippen molar-refractivity contribution in [3.8, 4) is 11.5 Å². The molecule has 2 aromatic rings. The van der Waals surface area contributed by atoms with Crippen molar-refractivity contribution in [3.05, 3.63) is 34.8 Å². The molecule has 1 amide bonds. The highest BCUT2D eigenvalue weighted by molar-refractivity contribution is 7.17. The summed E-state index contributed by atoms with van der Waals surface area (Å²) in [5, 5.41) is 11.7. The first-order valence-electron chi connectivity index (χ1n) is 11.2. The Morgan fingerprint density at radius 1 is 1.03 bits per heavy atom. The molecule has 1 aromatic heterocycles. The highest BCUT2D eigenvalue weighted by atomic mass is 32.1. The number of carbonyl (C=O) groups is 1. The van der Waals surface area contributed by atoms with Crippen LogP contribution in [0.5, 0.6) is 11.5 Å². The van der Waals surface area contributed by atoms with Crippen molar-refractivity contribution in [1.29, 1.82) is 0 Å². The minimum atomic E-state index is 0.00714. The van der Waals surface area contributed by atoms with E-state index in [-0.39, 0.29) is 11.9 Å². The number of piperazine rings is 2. The van der Waals surface area contributed by atoms with Crippen LogP contribution in [0.25, 0.3) is 0 Å². The Bertz CT molecular complexity index is 954. The van der Waals surface area contributed by atoms with Crippen LogP contribution < -0.4 is 14.4 Å². The topological polar surface area (TPSA) is 81.6 Å². The van der Waals surface area contributed by atoms with Gasteiger partial charge in [0.25, 0.3) is 5.91 Å². The normalized spacial score (nSPS) is 20.9. The number of nitrogens with zero attached hydrogens (tertiary/aromatic N) is 5. The maximum absolute atomic E-state index is 12.8. The minimum absolute atomic E-state index is 0.00714. The Balaban J connectivity index is 1.18. The van der Waals surface area contributed by atoms with E-state index in [0.29, 0.717) is 44.3 Å². The number of fused-ring (bicyclic) bond motifs is 1. The Kier molecular flexibility index (Phi) is 6.18. The smallest absolute Gasteiger partial charge is 0.265 e. The molecule has 2 saturated heterocycles. The van der Waals surface area contributed by atoms with Crippen LogP contribution in [0.4, 0.5) is 5.13 Å². The van der Waals surface area contributed by atoms with Crippen LogP contribution in [-0.2, 0) is 0 Å². The van der Waals surface area contributed by atoms with Gasteiger partial charge in [-0.15, -0.1) is 0 Å². The summed E-state index contributed by atoms with van der Waals surface area (Å²) in [5.74, 6) is 1.66. The number of aromatic nitrogens is 1. The maximum atomic E-state index is 12.8. The molecular formula is C22H29N5O4S. The number of anilines is 1. The van der Waals surface area contributed by atoms with Gasteiger partial charge in [0.2, 0.25) is 0 Å². The van der Waals surface area contributed by atoms with E-state index >= 15 is 0 Å². The third kappa shape index (κ3) is 4.40. The summed E-state index contributed by atoms with van der Waals surface area (Å²) < 4.78 is 11.4. The van der Waals surface area contributed by atoms with Crippen molar-refractivity contribution >= 4 is 22.4 Å². The lowest BCUT2D eigenvalue weighted by Crippen LogP contribution is -2.47. The zero-order chi connectivity index (χ0) is 22.1. The van der Waals surface area contributed by atoms with Crippen LogP contribution >= 0.6 is 11.3 Å². The number of hydrogen-bond donors (Lipinski definition) is 1. The first-order valence-corrected chi connectivity index (χ1v) is 12.0. The van der Waals surface area contributed by atoms with Crippen LogP contribution in [0.1, 0.15) is 28.2 Å². The zero-order valence-corrected chi connectivity index (χ0v) is 19.1. The van der Waals surface area contributed by atoms with Crippen molar-refractivity contribution in [2.45, 2.75) is 13.0 Å². The molecule has 3 aliphatic heterocycles. The molecular weight excluding hydrogens is 430 g/mol. The van der Waals surface area contributed by atoms with E-state index in [0.717, 1.165) is 42.8 Å². The molecule has 10 heteroatoms. The lowest BCUT2D eigenvalue weighted by atomic mass is 10.1. The van der Waals surface area contributed by atoms with Gasteiger partial charge in [-0.05, 0) is 24.6 Å². The van der Waals surface area contributed by atoms with E-state index < -0.39 is 0 Å². The summed E-state index contributed by atoms with van der Waals surface area (Å²) in [6.07, 6.45) is 1.69. The fraction of sp³-hybridized carbons (Fsp3) is 0.545. The second-order valence-corrected chi connectivity index (χ2v) is 9.36. The summed E-state index contributed by atoms with van der Waals surface area (Å²) in [6.45, 7) is 9.09. The van der Waals surface area contributed by atoms with Crippen molar-refractivity contribution in [2.24, 2.45) is 0 Å². The number of hydrogen-bond acceptors (Lipinski definition) is 9. The lowest BCUT2D eigenvalue weighted by Gasteiger charge is -2.38. The van der Waals surface area contributed by atoms with Gasteiger partial charge >= 0.3 is 0 Å². The third-order valence-corrected chi connectivity index (χ3v) is 7.47. The van der Waals surface area contributed by atoms with Gasteiger partial charge in [0.1, 0.15) is 18.1 Å². The molecule has 172 valence electrons. The average Bonchev–Trinajstić information content (AvgIpc) is 3.34. The second-order valence-electron chi connectivity index (χ2n) is 8.36. The molecule has 2 fully saturated rings. The summed E-state index contributed by atoms with van der Waals surface area (Å²) in [6, 6.07) is 6.51. The monoisotopic (exact) mass is 459 g/mol. The molecule has 0 saturated carbocycles. The predicted molar refractivity (Wildman–Crippen MR) is 121 cm³/mol. The maximum Gasteiger partial charge on any atom is 0.265 e. The first-order chi connectivity index (χ1) is 15.6. The van der Waals surface area contributed by atoms with Gasteiger partial charge in [-0.2, -0.15) is 5.06 Å². The number of amides is 1. The Morgan fingerprint density at radius 2 is 1.75 bits per heavy atom. The van der Waals surface area contributed by atoms with Gasteiger partial charge in [-0.3, -0.25) is 9.69 Å². The Morgan fingerprint density at radius 3 is 2.50 bits per heavy atom. The molecule has 1 aromatic carbocycles. The molecule has 1 N–H and O–H groups in total. The molecule has 32 heavy (non-hydrogen) atoms. The highest BCUT2D eigenvalue weighted by Crippen LogP contribution is 2.34. The van der Waals surface area contributed by atoms with Crippen molar-refractivity contribution in [1.82, 2.24) is 19.8 Å². The van der Waals surface area contributed by atoms with E-state index in [9.17, 15) is 10.0 Å². The number of carbonyl (C=O) groups excluding carboxylic acids is 1. The highest BCUT2D eigenvalue weighted by Gasteiger charge is 2.27. The summed E-state index contributed by atoms with van der Waals surface area (Å²) in [5.41, 5.74) is 1.23. The van der Waals surface area contributed by atoms with Crippen LogP contribution in [0, 0.1) is 0 Å². The van der Waals surface area contributed by atoms with Crippen LogP contribution in [-0.4, -0.2) is 96.5 Å². The van der Waals surface area contributed by atoms with E-state index in [1.54, 1.807) is 11.1 Å². The molecule has 0 spiro atoms. The Hall–Kier alpha value is -2.40. The van der Waals surface area contributed by atoms with Crippen LogP contribution in [0.2, 0.25) is 0 Å². The third-order valence-electron chi connectivity index (χ3n) is 6.43. The molecule has 0 bridgehead atoms. The molecule has 0 aliphatic carbocycles. The average molecular weight is 460 g/mol. The molecule has 1 atom stereocenters. The van der Waals surface area contributed by atoms with Gasteiger partial charge in [-0.25, -0.2) is 4.98 Å². The number of ether oxygens (including phenoxy) is 2. The van der Waals surface area contributed by atoms with Crippen molar-refractivity contribution in [2.75, 3.05) is 70.5 Å². The molecule has 3 aliphatic rings. The van der Waals surface area contributed by atoms with Gasteiger partial charge in [0, 0.05) is 58.4 Å². The summed E-state index contributed by atoms with van der Waals surface area (Å²) in [7, 11) is 0. The lowest BCUT2D eigenvalue weighted by molar-refractivity contribution is -0.112. The second kappa shape index (κ2) is 9.22. The van der Waals surface area contributed by atoms with Crippen LogP contribution in [0.15, 0.2) is 24.4 Å². The Labute approximate surface area is 191 Å². The van der Waals surface area contributed by atoms with E-state index in [1.807, 2.05) is 6.07 Å². The standard InChI is InChI=1S/C22H29N5O4S/c1-16(17-2-3-18-19(14-17)31-13-12-30-18)24-4-6-26(7-5-24)22-23-15-20(32-22)21(28)25-8-10-27(29)11-9-25/h2-3,14-16,29H,4-13H2,1H3/t16-/m0/s1. The van der Waals surface area contributed by atoms with Gasteiger partial charge in [0.15, 0.2) is 16.6 Å². The SMILES string of the molecule is C[C@@H](c1ccc2c(c1)OCCO2)N1CCN(c2ncc(C(=O)N3CCN(O)CC3)s2)CC1. The number of thiazole rings is 1. The molecule has 0 radical (unpaired) electrons. The minimum Gasteiger partial charge on any atom is -0.486 e. The van der Waals surface area contributed by atoms with Gasteiger partial charge in [-0.1, -0.05) is 17.4 Å². The van der Waals surface area contributed by atoms with Crippen LogP contribution in [0.3, 0.4) is 0 Å². The quantitative estimate of drug-likeness (QED) is 0.743. The predicted octanol–water partition coefficient (Wildman–Crippen LogP) is 1.94. The summed E-state index contributed by atoms with van der Waals surface area (Å²) in [4.78, 5) is 24.5. The number of benzene rings is 1. The van der Waals surface area contributed by atoms with Gasteiger partial charge < -0.3 is 24.5 Å². The largest absolute Gasteiger partial charge is 0.486 e. The van der Waals surface area contributed by atoms with E-state index in [4.69, 9.17) is 9.47 Å². The van der Waals surface area contributed by atoms with Crippen molar-refractivity contribution < 1.29 is 19.5 Å². The fourth-order valence-electron chi connectivity index (χ4n) is 4.40. The van der Waals surface area contributed by atoms with E-state index in [1.165, 1.54) is 22.0 Å². The van der Waals surface area contributed by atoms with E-state index in [2.05, 4.69) is 33.8 Å². The molecule has 5 rings (SSSR count). The van der Waals surface area contributed by atoms with Gasteiger partial charge in [0.05, 0.1) is 6.20 Å². The zero-order valence-electron chi connectivity index (χ0n) is 18.3. The number of hydroxylamine groups is 2. The first kappa shape index (κ1) is 21.4. The molecule has 9 nitrogen and oxygen atoms in total. The fourth-order valence-corrected chi connectivity index (χ4v) is 5.33. The molecule has 4 heterocycles. The summed E-state index contributed by atoms with van der Waals surface area (Å²) >= 11 is 1.46. The number of rotatable bonds is 4.